The van der Waals surface area contributed by atoms with Crippen LogP contribution in [0.3, 0.4) is 0 Å². The zero-order valence-corrected chi connectivity index (χ0v) is 13.0. The molecule has 3 nitrogen and oxygen atoms in total. The van der Waals surface area contributed by atoms with E-state index in [1.165, 1.54) is 17.8 Å². The van der Waals surface area contributed by atoms with E-state index in [1.807, 2.05) is 14.0 Å². The topological polar surface area (TPSA) is 29.5 Å². The molecular formula is C14H20ClNO2S. The van der Waals surface area contributed by atoms with Crippen LogP contribution in [-0.4, -0.2) is 43.0 Å². The number of carbonyl (C=O) groups excluding carboxylic acids is 1. The van der Waals surface area contributed by atoms with Gasteiger partial charge in [0.25, 0.3) is 0 Å². The summed E-state index contributed by atoms with van der Waals surface area (Å²) in [5.41, 5.74) is 0. The normalized spacial score (nSPS) is 21.6. The smallest absolute Gasteiger partial charge is 0.189 e. The van der Waals surface area contributed by atoms with Gasteiger partial charge in [0.1, 0.15) is 0 Å². The first-order valence-electron chi connectivity index (χ1n) is 6.69. The molecule has 19 heavy (non-hydrogen) atoms. The lowest BCUT2D eigenvalue weighted by Crippen LogP contribution is -2.42. The molecule has 0 spiro atoms. The van der Waals surface area contributed by atoms with Crippen molar-refractivity contribution < 1.29 is 9.53 Å². The summed E-state index contributed by atoms with van der Waals surface area (Å²) in [5.74, 6) is 0.134. The summed E-state index contributed by atoms with van der Waals surface area (Å²) in [7, 11) is 1.98. The Morgan fingerprint density at radius 3 is 2.95 bits per heavy atom. The summed E-state index contributed by atoms with van der Waals surface area (Å²) in [4.78, 5) is 15.1. The van der Waals surface area contributed by atoms with Crippen molar-refractivity contribution in [2.75, 3.05) is 20.2 Å². The van der Waals surface area contributed by atoms with E-state index < -0.39 is 0 Å². The van der Waals surface area contributed by atoms with Crippen molar-refractivity contribution in [3.8, 4) is 0 Å². The molecule has 2 unspecified atom stereocenters. The van der Waals surface area contributed by atoms with Crippen molar-refractivity contribution in [2.24, 2.45) is 0 Å². The van der Waals surface area contributed by atoms with Gasteiger partial charge >= 0.3 is 0 Å². The second-order valence-corrected chi connectivity index (χ2v) is 6.79. The van der Waals surface area contributed by atoms with Gasteiger partial charge in [-0.1, -0.05) is 11.6 Å². The van der Waals surface area contributed by atoms with Crippen LogP contribution < -0.4 is 0 Å². The van der Waals surface area contributed by atoms with E-state index in [0.29, 0.717) is 4.34 Å². The number of hydrogen-bond donors (Lipinski definition) is 0. The van der Waals surface area contributed by atoms with Crippen molar-refractivity contribution in [2.45, 2.75) is 38.3 Å². The Morgan fingerprint density at radius 2 is 2.37 bits per heavy atom. The Balaban J connectivity index is 1.90. The molecule has 0 bridgehead atoms. The van der Waals surface area contributed by atoms with Gasteiger partial charge in [-0.05, 0) is 45.4 Å². The summed E-state index contributed by atoms with van der Waals surface area (Å²) in [6, 6.07) is 3.44. The second-order valence-electron chi connectivity index (χ2n) is 5.07. The minimum absolute atomic E-state index is 0.134. The van der Waals surface area contributed by atoms with E-state index >= 15 is 0 Å². The SMILES string of the molecule is CC(C(=O)c1ccc(Cl)s1)N(C)CC1CCCCO1. The van der Waals surface area contributed by atoms with Crippen LogP contribution in [0.4, 0.5) is 0 Å². The molecular weight excluding hydrogens is 282 g/mol. The van der Waals surface area contributed by atoms with Crippen LogP contribution in [0.15, 0.2) is 12.1 Å². The molecule has 5 heteroatoms. The Morgan fingerprint density at radius 1 is 1.58 bits per heavy atom. The molecule has 1 aliphatic heterocycles. The summed E-state index contributed by atoms with van der Waals surface area (Å²) in [6.45, 7) is 3.60. The third-order valence-corrected chi connectivity index (χ3v) is 4.87. The molecule has 1 aromatic rings. The van der Waals surface area contributed by atoms with Gasteiger partial charge in [0.2, 0.25) is 0 Å². The predicted octanol–water partition coefficient (Wildman–Crippen LogP) is 3.47. The van der Waals surface area contributed by atoms with Crippen molar-refractivity contribution in [1.82, 2.24) is 4.90 Å². The van der Waals surface area contributed by atoms with Crippen LogP contribution in [0.1, 0.15) is 35.9 Å². The maximum atomic E-state index is 12.3. The molecule has 0 amide bonds. The highest BCUT2D eigenvalue weighted by atomic mass is 35.5. The molecule has 0 aromatic carbocycles. The molecule has 1 aromatic heterocycles. The molecule has 0 N–H and O–H groups in total. The van der Waals surface area contributed by atoms with Gasteiger partial charge in [0.15, 0.2) is 5.78 Å². The maximum Gasteiger partial charge on any atom is 0.189 e. The highest BCUT2D eigenvalue weighted by molar-refractivity contribution is 7.18. The highest BCUT2D eigenvalue weighted by Crippen LogP contribution is 2.23. The van der Waals surface area contributed by atoms with Crippen LogP contribution in [0.5, 0.6) is 0 Å². The summed E-state index contributed by atoms with van der Waals surface area (Å²) >= 11 is 7.22. The second kappa shape index (κ2) is 6.84. The number of hydrogen-bond acceptors (Lipinski definition) is 4. The number of nitrogens with zero attached hydrogens (tertiary/aromatic N) is 1. The summed E-state index contributed by atoms with van der Waals surface area (Å²) < 4.78 is 6.38. The molecule has 2 atom stereocenters. The third kappa shape index (κ3) is 4.02. The predicted molar refractivity (Wildman–Crippen MR) is 79.3 cm³/mol. The third-order valence-electron chi connectivity index (χ3n) is 3.62. The Hall–Kier alpha value is -0.420. The maximum absolute atomic E-state index is 12.3. The Kier molecular flexibility index (Phi) is 5.39. The lowest BCUT2D eigenvalue weighted by Gasteiger charge is -2.30. The van der Waals surface area contributed by atoms with Crippen LogP contribution in [0, 0.1) is 0 Å². The Bertz CT molecular complexity index is 429. The van der Waals surface area contributed by atoms with Crippen molar-refractivity contribution in [1.29, 1.82) is 0 Å². The van der Waals surface area contributed by atoms with Gasteiger partial charge in [0, 0.05) is 13.2 Å². The standard InChI is InChI=1S/C14H20ClNO2S/c1-10(14(17)12-6-7-13(15)19-12)16(2)9-11-5-3-4-8-18-11/h6-7,10-11H,3-5,8-9H2,1-2H3. The molecule has 2 heterocycles. The quantitative estimate of drug-likeness (QED) is 0.780. The average molecular weight is 302 g/mol. The van der Waals surface area contributed by atoms with Gasteiger partial charge in [-0.25, -0.2) is 0 Å². The number of carbonyl (C=O) groups is 1. The molecule has 1 saturated heterocycles. The fourth-order valence-electron chi connectivity index (χ4n) is 2.28. The zero-order chi connectivity index (χ0) is 13.8. The summed E-state index contributed by atoms with van der Waals surface area (Å²) in [5, 5.41) is 0. The minimum atomic E-state index is -0.139. The zero-order valence-electron chi connectivity index (χ0n) is 11.4. The van der Waals surface area contributed by atoms with E-state index in [1.54, 1.807) is 12.1 Å². The van der Waals surface area contributed by atoms with Gasteiger partial charge in [-0.2, -0.15) is 0 Å². The van der Waals surface area contributed by atoms with Crippen LogP contribution in [-0.2, 0) is 4.74 Å². The molecule has 106 valence electrons. The first-order valence-corrected chi connectivity index (χ1v) is 7.89. The monoisotopic (exact) mass is 301 g/mol. The van der Waals surface area contributed by atoms with Gasteiger partial charge in [-0.3, -0.25) is 9.69 Å². The first kappa shape index (κ1) is 15.0. The minimum Gasteiger partial charge on any atom is -0.377 e. The number of likely N-dealkylation sites (N-methyl/N-ethyl adjacent to an activating group) is 1. The van der Waals surface area contributed by atoms with Crippen LogP contribution in [0.2, 0.25) is 4.34 Å². The van der Waals surface area contributed by atoms with Crippen LogP contribution in [0.25, 0.3) is 0 Å². The molecule has 1 aliphatic rings. The van der Waals surface area contributed by atoms with E-state index in [-0.39, 0.29) is 17.9 Å². The number of rotatable bonds is 5. The molecule has 0 aliphatic carbocycles. The van der Waals surface area contributed by atoms with Crippen molar-refractivity contribution >= 4 is 28.7 Å². The lowest BCUT2D eigenvalue weighted by molar-refractivity contribution is -0.00574. The van der Waals surface area contributed by atoms with Crippen molar-refractivity contribution in [3.05, 3.63) is 21.3 Å². The van der Waals surface area contributed by atoms with Crippen molar-refractivity contribution in [3.63, 3.8) is 0 Å². The van der Waals surface area contributed by atoms with E-state index in [4.69, 9.17) is 16.3 Å². The van der Waals surface area contributed by atoms with Crippen LogP contribution >= 0.6 is 22.9 Å². The number of thiophene rings is 1. The number of ketones is 1. The van der Waals surface area contributed by atoms with E-state index in [2.05, 4.69) is 4.90 Å². The molecule has 2 rings (SSSR count). The molecule has 0 radical (unpaired) electrons. The largest absolute Gasteiger partial charge is 0.377 e. The highest BCUT2D eigenvalue weighted by Gasteiger charge is 2.24. The van der Waals surface area contributed by atoms with E-state index in [9.17, 15) is 4.79 Å². The molecule has 1 fully saturated rings. The molecule has 0 saturated carbocycles. The van der Waals surface area contributed by atoms with Gasteiger partial charge in [-0.15, -0.1) is 11.3 Å². The lowest BCUT2D eigenvalue weighted by atomic mass is 10.1. The fraction of sp³-hybridized carbons (Fsp3) is 0.643. The average Bonchev–Trinajstić information content (AvgIpc) is 2.85. The van der Waals surface area contributed by atoms with Gasteiger partial charge in [0.05, 0.1) is 21.4 Å². The first-order chi connectivity index (χ1) is 9.08. The number of Topliss-reactive ketones (excluding diaryl/α,β-unsaturated/α-hetero) is 1. The van der Waals surface area contributed by atoms with Gasteiger partial charge < -0.3 is 4.74 Å². The van der Waals surface area contributed by atoms with E-state index in [0.717, 1.165) is 30.9 Å². The number of halogens is 1. The summed E-state index contributed by atoms with van der Waals surface area (Å²) in [6.07, 6.45) is 3.74. The number of ether oxygens (including phenoxy) is 1. The fourth-order valence-corrected chi connectivity index (χ4v) is 3.35. The Labute approximate surface area is 123 Å².